The zero-order valence-electron chi connectivity index (χ0n) is 9.93. The first-order chi connectivity index (χ1) is 8.13. The minimum absolute atomic E-state index is 0.0249. The van der Waals surface area contributed by atoms with E-state index in [1.807, 2.05) is 10.6 Å². The average Bonchev–Trinajstić information content (AvgIpc) is 2.61. The number of imidazole rings is 1. The Kier molecular flexibility index (Phi) is 3.10. The van der Waals surface area contributed by atoms with Crippen LogP contribution >= 0.6 is 0 Å². The molecule has 0 radical (unpaired) electrons. The molecule has 90 valence electrons. The summed E-state index contributed by atoms with van der Waals surface area (Å²) in [6.45, 7) is 2.76. The maximum Gasteiger partial charge on any atom is 0.201 e. The van der Waals surface area contributed by atoms with Crippen molar-refractivity contribution >= 4 is 22.8 Å². The van der Waals surface area contributed by atoms with Crippen LogP contribution in [0.25, 0.3) is 11.0 Å². The van der Waals surface area contributed by atoms with E-state index in [1.165, 1.54) is 6.92 Å². The number of ether oxygens (including phenoxy) is 1. The summed E-state index contributed by atoms with van der Waals surface area (Å²) >= 11 is 0. The van der Waals surface area contributed by atoms with E-state index in [9.17, 15) is 4.79 Å². The van der Waals surface area contributed by atoms with Crippen molar-refractivity contribution in [1.29, 1.82) is 0 Å². The molecule has 0 unspecified atom stereocenters. The SMILES string of the molecule is COCCn1c(N)nc2cc(C(C)=O)ccc21. The second-order valence-corrected chi connectivity index (χ2v) is 3.87. The standard InChI is InChI=1S/C12H15N3O2/c1-8(16)9-3-4-11-10(7-9)14-12(13)15(11)5-6-17-2/h3-4,7H,5-6H2,1-2H3,(H2,13,14). The van der Waals surface area contributed by atoms with Crippen LogP contribution in [-0.2, 0) is 11.3 Å². The lowest BCUT2D eigenvalue weighted by atomic mass is 10.1. The first-order valence-electron chi connectivity index (χ1n) is 5.39. The number of methoxy groups -OCH3 is 1. The highest BCUT2D eigenvalue weighted by molar-refractivity contribution is 5.97. The highest BCUT2D eigenvalue weighted by Gasteiger charge is 2.09. The van der Waals surface area contributed by atoms with E-state index in [0.29, 0.717) is 24.7 Å². The highest BCUT2D eigenvalue weighted by Crippen LogP contribution is 2.19. The molecule has 1 heterocycles. The van der Waals surface area contributed by atoms with Gasteiger partial charge in [-0.3, -0.25) is 4.79 Å². The smallest absolute Gasteiger partial charge is 0.201 e. The van der Waals surface area contributed by atoms with Crippen molar-refractivity contribution < 1.29 is 9.53 Å². The second-order valence-electron chi connectivity index (χ2n) is 3.87. The molecule has 0 atom stereocenters. The summed E-state index contributed by atoms with van der Waals surface area (Å²) in [5.41, 5.74) is 8.14. The number of nitrogen functional groups attached to an aromatic ring is 1. The molecular weight excluding hydrogens is 218 g/mol. The van der Waals surface area contributed by atoms with Crippen LogP contribution in [0, 0.1) is 0 Å². The summed E-state index contributed by atoms with van der Waals surface area (Å²) in [5.74, 6) is 0.467. The quantitative estimate of drug-likeness (QED) is 0.812. The van der Waals surface area contributed by atoms with Gasteiger partial charge in [-0.25, -0.2) is 4.98 Å². The summed E-state index contributed by atoms with van der Waals surface area (Å²) in [6, 6.07) is 5.41. The van der Waals surface area contributed by atoms with Crippen molar-refractivity contribution in [3.63, 3.8) is 0 Å². The Labute approximate surface area is 99.2 Å². The van der Waals surface area contributed by atoms with Crippen LogP contribution in [0.3, 0.4) is 0 Å². The van der Waals surface area contributed by atoms with Crippen LogP contribution in [-0.4, -0.2) is 29.1 Å². The molecule has 2 aromatic rings. The molecule has 0 aliphatic heterocycles. The molecule has 2 rings (SSSR count). The molecule has 0 amide bonds. The van der Waals surface area contributed by atoms with Gasteiger partial charge >= 0.3 is 0 Å². The molecule has 5 heteroatoms. The lowest BCUT2D eigenvalue weighted by Crippen LogP contribution is -2.07. The van der Waals surface area contributed by atoms with Gasteiger partial charge in [0.25, 0.3) is 0 Å². The first-order valence-corrected chi connectivity index (χ1v) is 5.39. The monoisotopic (exact) mass is 233 g/mol. The van der Waals surface area contributed by atoms with Gasteiger partial charge in [0, 0.05) is 19.2 Å². The van der Waals surface area contributed by atoms with Crippen molar-refractivity contribution in [1.82, 2.24) is 9.55 Å². The molecule has 2 N–H and O–H groups in total. The van der Waals surface area contributed by atoms with Gasteiger partial charge in [-0.2, -0.15) is 0 Å². The Bertz CT molecular complexity index is 560. The van der Waals surface area contributed by atoms with Crippen molar-refractivity contribution in [3.05, 3.63) is 23.8 Å². The molecule has 0 saturated carbocycles. The third kappa shape index (κ3) is 2.14. The molecule has 17 heavy (non-hydrogen) atoms. The molecule has 0 aliphatic carbocycles. The topological polar surface area (TPSA) is 70.1 Å². The van der Waals surface area contributed by atoms with Crippen molar-refractivity contribution in [3.8, 4) is 0 Å². The Morgan fingerprint density at radius 3 is 2.94 bits per heavy atom. The zero-order chi connectivity index (χ0) is 12.4. The molecule has 0 saturated heterocycles. The lowest BCUT2D eigenvalue weighted by molar-refractivity contribution is 0.101. The summed E-state index contributed by atoms with van der Waals surface area (Å²) in [4.78, 5) is 15.5. The highest BCUT2D eigenvalue weighted by atomic mass is 16.5. The van der Waals surface area contributed by atoms with E-state index >= 15 is 0 Å². The normalized spacial score (nSPS) is 10.9. The zero-order valence-corrected chi connectivity index (χ0v) is 9.93. The van der Waals surface area contributed by atoms with E-state index in [0.717, 1.165) is 11.0 Å². The molecule has 1 aromatic heterocycles. The lowest BCUT2D eigenvalue weighted by Gasteiger charge is -2.05. The third-order valence-electron chi connectivity index (χ3n) is 2.70. The van der Waals surface area contributed by atoms with Gasteiger partial charge in [0.2, 0.25) is 5.95 Å². The number of benzene rings is 1. The number of aromatic nitrogens is 2. The Hall–Kier alpha value is -1.88. The van der Waals surface area contributed by atoms with Crippen LogP contribution in [0.15, 0.2) is 18.2 Å². The van der Waals surface area contributed by atoms with Gasteiger partial charge in [-0.1, -0.05) is 0 Å². The molecular formula is C12H15N3O2. The Balaban J connectivity index is 2.48. The maximum atomic E-state index is 11.3. The van der Waals surface area contributed by atoms with E-state index in [-0.39, 0.29) is 5.78 Å². The summed E-state index contributed by atoms with van der Waals surface area (Å²) in [5, 5.41) is 0. The van der Waals surface area contributed by atoms with Crippen LogP contribution in [0.1, 0.15) is 17.3 Å². The fraction of sp³-hybridized carbons (Fsp3) is 0.333. The van der Waals surface area contributed by atoms with Crippen LogP contribution in [0.4, 0.5) is 5.95 Å². The van der Waals surface area contributed by atoms with Gasteiger partial charge in [0.05, 0.1) is 17.6 Å². The summed E-state index contributed by atoms with van der Waals surface area (Å²) in [6.07, 6.45) is 0. The average molecular weight is 233 g/mol. The number of carbonyl (C=O) groups excluding carboxylic acids is 1. The first kappa shape index (κ1) is 11.6. The predicted molar refractivity (Wildman–Crippen MR) is 66.0 cm³/mol. The number of hydrogen-bond donors (Lipinski definition) is 1. The predicted octanol–water partition coefficient (Wildman–Crippen LogP) is 1.47. The Morgan fingerprint density at radius 1 is 1.53 bits per heavy atom. The van der Waals surface area contributed by atoms with Gasteiger partial charge in [0.1, 0.15) is 0 Å². The number of carbonyl (C=O) groups is 1. The largest absolute Gasteiger partial charge is 0.383 e. The minimum atomic E-state index is 0.0249. The van der Waals surface area contributed by atoms with Gasteiger partial charge < -0.3 is 15.0 Å². The van der Waals surface area contributed by atoms with E-state index < -0.39 is 0 Å². The maximum absolute atomic E-state index is 11.3. The fourth-order valence-electron chi connectivity index (χ4n) is 1.78. The van der Waals surface area contributed by atoms with Crippen LogP contribution in [0.2, 0.25) is 0 Å². The molecule has 5 nitrogen and oxygen atoms in total. The number of Topliss-reactive ketones (excluding diaryl/α,β-unsaturated/α-hetero) is 1. The number of fused-ring (bicyclic) bond motifs is 1. The number of ketones is 1. The van der Waals surface area contributed by atoms with Crippen LogP contribution < -0.4 is 5.73 Å². The van der Waals surface area contributed by atoms with Gasteiger partial charge in [-0.15, -0.1) is 0 Å². The van der Waals surface area contributed by atoms with E-state index in [4.69, 9.17) is 10.5 Å². The summed E-state index contributed by atoms with van der Waals surface area (Å²) < 4.78 is 6.90. The van der Waals surface area contributed by atoms with Crippen molar-refractivity contribution in [2.45, 2.75) is 13.5 Å². The van der Waals surface area contributed by atoms with Gasteiger partial charge in [0.15, 0.2) is 5.78 Å². The molecule has 0 spiro atoms. The van der Waals surface area contributed by atoms with E-state index in [1.54, 1.807) is 19.2 Å². The fourth-order valence-corrected chi connectivity index (χ4v) is 1.78. The molecule has 0 bridgehead atoms. The number of nitrogens with zero attached hydrogens (tertiary/aromatic N) is 2. The summed E-state index contributed by atoms with van der Waals surface area (Å²) in [7, 11) is 1.64. The number of nitrogens with two attached hydrogens (primary N) is 1. The van der Waals surface area contributed by atoms with Crippen LogP contribution in [0.5, 0.6) is 0 Å². The Morgan fingerprint density at radius 2 is 2.29 bits per heavy atom. The molecule has 0 aliphatic rings. The molecule has 1 aromatic carbocycles. The number of rotatable bonds is 4. The molecule has 0 fully saturated rings. The number of hydrogen-bond acceptors (Lipinski definition) is 4. The van der Waals surface area contributed by atoms with Crippen molar-refractivity contribution in [2.24, 2.45) is 0 Å². The minimum Gasteiger partial charge on any atom is -0.383 e. The van der Waals surface area contributed by atoms with Crippen molar-refractivity contribution in [2.75, 3.05) is 19.5 Å². The van der Waals surface area contributed by atoms with Gasteiger partial charge in [-0.05, 0) is 25.1 Å². The van der Waals surface area contributed by atoms with E-state index in [2.05, 4.69) is 4.98 Å². The second kappa shape index (κ2) is 4.55. The third-order valence-corrected chi connectivity index (χ3v) is 2.70. The number of anilines is 1.